The first-order chi connectivity index (χ1) is 10.6. The molecule has 118 valence electrons. The lowest BCUT2D eigenvalue weighted by atomic mass is 10.1. The van der Waals surface area contributed by atoms with Gasteiger partial charge in [0.05, 0.1) is 18.1 Å². The lowest BCUT2D eigenvalue weighted by Gasteiger charge is -2.12. The second-order valence-corrected chi connectivity index (χ2v) is 5.15. The minimum absolute atomic E-state index is 0.110. The fourth-order valence-corrected chi connectivity index (χ4v) is 2.39. The van der Waals surface area contributed by atoms with Gasteiger partial charge in [-0.05, 0) is 31.5 Å². The van der Waals surface area contributed by atoms with Crippen LogP contribution >= 0.6 is 0 Å². The van der Waals surface area contributed by atoms with Gasteiger partial charge in [0.15, 0.2) is 0 Å². The van der Waals surface area contributed by atoms with Crippen LogP contribution in [0.1, 0.15) is 37.0 Å². The zero-order valence-electron chi connectivity index (χ0n) is 13.3. The van der Waals surface area contributed by atoms with Crippen LogP contribution in [0, 0.1) is 0 Å². The quantitative estimate of drug-likeness (QED) is 0.834. The van der Waals surface area contributed by atoms with E-state index in [0.29, 0.717) is 35.2 Å². The molecule has 1 N–H and O–H groups in total. The monoisotopic (exact) mass is 302 g/mol. The molecule has 2 aromatic rings. The Morgan fingerprint density at radius 2 is 2.05 bits per heavy atom. The van der Waals surface area contributed by atoms with Gasteiger partial charge in [0, 0.05) is 24.7 Å². The molecule has 0 bridgehead atoms. The van der Waals surface area contributed by atoms with Gasteiger partial charge >= 0.3 is 0 Å². The summed E-state index contributed by atoms with van der Waals surface area (Å²) in [6.07, 6.45) is 3.59. The number of nitrogens with one attached hydrogen (secondary N) is 1. The van der Waals surface area contributed by atoms with Crippen molar-refractivity contribution < 1.29 is 9.53 Å². The second kappa shape index (κ2) is 7.11. The van der Waals surface area contributed by atoms with Crippen molar-refractivity contribution in [3.8, 4) is 5.75 Å². The van der Waals surface area contributed by atoms with E-state index in [2.05, 4.69) is 12.2 Å². The number of aromatic nitrogens is 1. The molecule has 0 spiro atoms. The number of fused-ring (bicyclic) bond motifs is 1. The Hall–Kier alpha value is -2.30. The number of methoxy groups -OCH3 is 1. The average Bonchev–Trinajstić information content (AvgIpc) is 2.55. The number of unbranched alkanes of at least 4 members (excludes halogenated alkanes) is 1. The summed E-state index contributed by atoms with van der Waals surface area (Å²) in [5.74, 6) is 0.460. The van der Waals surface area contributed by atoms with Crippen molar-refractivity contribution in [1.29, 1.82) is 0 Å². The predicted octanol–water partition coefficient (Wildman–Crippen LogP) is 2.56. The standard InChI is InChI=1S/C17H22N2O3/c1-4-6-9-18-16(20)15-11-19(5-2)17(21)14-10-12(22-3)7-8-13(14)15/h7-8,10-11H,4-6,9H2,1-3H3,(H,18,20). The van der Waals surface area contributed by atoms with Crippen molar-refractivity contribution in [1.82, 2.24) is 9.88 Å². The molecule has 0 saturated carbocycles. The number of ether oxygens (including phenoxy) is 1. The van der Waals surface area contributed by atoms with Crippen molar-refractivity contribution in [2.75, 3.05) is 13.7 Å². The van der Waals surface area contributed by atoms with E-state index in [9.17, 15) is 9.59 Å². The third-order valence-electron chi connectivity index (χ3n) is 3.69. The van der Waals surface area contributed by atoms with Gasteiger partial charge in [-0.15, -0.1) is 0 Å². The number of carbonyl (C=O) groups is 1. The van der Waals surface area contributed by atoms with Crippen molar-refractivity contribution in [2.24, 2.45) is 0 Å². The van der Waals surface area contributed by atoms with E-state index in [1.807, 2.05) is 6.92 Å². The molecule has 1 amide bonds. The number of amides is 1. The topological polar surface area (TPSA) is 60.3 Å². The highest BCUT2D eigenvalue weighted by molar-refractivity contribution is 6.06. The van der Waals surface area contributed by atoms with Gasteiger partial charge in [-0.3, -0.25) is 9.59 Å². The van der Waals surface area contributed by atoms with E-state index >= 15 is 0 Å². The summed E-state index contributed by atoms with van der Waals surface area (Å²) >= 11 is 0. The summed E-state index contributed by atoms with van der Waals surface area (Å²) in [7, 11) is 1.56. The van der Waals surface area contributed by atoms with Crippen LogP contribution in [-0.2, 0) is 6.54 Å². The van der Waals surface area contributed by atoms with Crippen LogP contribution in [0.5, 0.6) is 5.75 Å². The average molecular weight is 302 g/mol. The van der Waals surface area contributed by atoms with E-state index in [4.69, 9.17) is 4.74 Å². The summed E-state index contributed by atoms with van der Waals surface area (Å²) in [6, 6.07) is 5.22. The maximum atomic E-state index is 12.4. The van der Waals surface area contributed by atoms with Crippen molar-refractivity contribution >= 4 is 16.7 Å². The molecular weight excluding hydrogens is 280 g/mol. The molecule has 1 aromatic carbocycles. The van der Waals surface area contributed by atoms with E-state index in [0.717, 1.165) is 12.8 Å². The fourth-order valence-electron chi connectivity index (χ4n) is 2.39. The van der Waals surface area contributed by atoms with Gasteiger partial charge in [0.25, 0.3) is 11.5 Å². The molecule has 0 fully saturated rings. The SMILES string of the molecule is CCCCNC(=O)c1cn(CC)c(=O)c2cc(OC)ccc12. The second-order valence-electron chi connectivity index (χ2n) is 5.15. The van der Waals surface area contributed by atoms with E-state index < -0.39 is 0 Å². The predicted molar refractivity (Wildman–Crippen MR) is 87.7 cm³/mol. The number of benzene rings is 1. The number of hydrogen-bond acceptors (Lipinski definition) is 3. The van der Waals surface area contributed by atoms with Gasteiger partial charge in [-0.2, -0.15) is 0 Å². The maximum absolute atomic E-state index is 12.4. The van der Waals surface area contributed by atoms with Gasteiger partial charge in [0.2, 0.25) is 0 Å². The molecule has 0 atom stereocenters. The van der Waals surface area contributed by atoms with Crippen LogP contribution in [0.15, 0.2) is 29.2 Å². The molecule has 5 nitrogen and oxygen atoms in total. The normalized spacial score (nSPS) is 10.7. The third kappa shape index (κ3) is 3.13. The van der Waals surface area contributed by atoms with E-state index in [1.165, 1.54) is 0 Å². The molecule has 0 aliphatic carbocycles. The number of nitrogens with zero attached hydrogens (tertiary/aromatic N) is 1. The Balaban J connectivity index is 2.55. The highest BCUT2D eigenvalue weighted by Gasteiger charge is 2.14. The Kier molecular flexibility index (Phi) is 5.20. The Morgan fingerprint density at radius 3 is 2.68 bits per heavy atom. The van der Waals surface area contributed by atoms with Crippen molar-refractivity contribution in [2.45, 2.75) is 33.2 Å². The smallest absolute Gasteiger partial charge is 0.258 e. The summed E-state index contributed by atoms with van der Waals surface area (Å²) in [6.45, 7) is 5.11. The maximum Gasteiger partial charge on any atom is 0.258 e. The van der Waals surface area contributed by atoms with Crippen LogP contribution in [0.3, 0.4) is 0 Å². The molecule has 0 unspecified atom stereocenters. The van der Waals surface area contributed by atoms with E-state index in [1.54, 1.807) is 36.1 Å². The zero-order chi connectivity index (χ0) is 16.1. The van der Waals surface area contributed by atoms with Crippen LogP contribution in [0.25, 0.3) is 10.8 Å². The molecule has 0 aliphatic heterocycles. The van der Waals surface area contributed by atoms with Crippen molar-refractivity contribution in [3.63, 3.8) is 0 Å². The van der Waals surface area contributed by atoms with Crippen molar-refractivity contribution in [3.05, 3.63) is 40.3 Å². The Labute approximate surface area is 129 Å². The molecular formula is C17H22N2O3. The number of rotatable bonds is 6. The zero-order valence-corrected chi connectivity index (χ0v) is 13.3. The molecule has 2 rings (SSSR count). The summed E-state index contributed by atoms with van der Waals surface area (Å²) < 4.78 is 6.73. The largest absolute Gasteiger partial charge is 0.497 e. The van der Waals surface area contributed by atoms with Gasteiger partial charge in [-0.1, -0.05) is 13.3 Å². The van der Waals surface area contributed by atoms with Crippen LogP contribution in [-0.4, -0.2) is 24.1 Å². The first-order valence-corrected chi connectivity index (χ1v) is 7.61. The number of carbonyl (C=O) groups excluding carboxylic acids is 1. The number of hydrogen-bond donors (Lipinski definition) is 1. The third-order valence-corrected chi connectivity index (χ3v) is 3.69. The molecule has 1 heterocycles. The fraction of sp³-hybridized carbons (Fsp3) is 0.412. The van der Waals surface area contributed by atoms with Crippen LogP contribution in [0.2, 0.25) is 0 Å². The lowest BCUT2D eigenvalue weighted by molar-refractivity contribution is 0.0954. The lowest BCUT2D eigenvalue weighted by Crippen LogP contribution is -2.28. The van der Waals surface area contributed by atoms with Crippen LogP contribution in [0.4, 0.5) is 0 Å². The van der Waals surface area contributed by atoms with E-state index in [-0.39, 0.29) is 11.5 Å². The molecule has 5 heteroatoms. The first kappa shape index (κ1) is 16.1. The molecule has 1 aromatic heterocycles. The highest BCUT2D eigenvalue weighted by Crippen LogP contribution is 2.21. The summed E-state index contributed by atoms with van der Waals surface area (Å²) in [5, 5.41) is 4.07. The number of aryl methyl sites for hydroxylation is 1. The molecule has 0 saturated heterocycles. The molecule has 22 heavy (non-hydrogen) atoms. The summed E-state index contributed by atoms with van der Waals surface area (Å²) in [5.41, 5.74) is 0.414. The minimum atomic E-state index is -0.147. The molecule has 0 radical (unpaired) electrons. The van der Waals surface area contributed by atoms with Crippen LogP contribution < -0.4 is 15.6 Å². The van der Waals surface area contributed by atoms with Gasteiger partial charge < -0.3 is 14.6 Å². The Bertz CT molecular complexity index is 734. The minimum Gasteiger partial charge on any atom is -0.497 e. The van der Waals surface area contributed by atoms with Gasteiger partial charge in [-0.25, -0.2) is 0 Å². The Morgan fingerprint density at radius 1 is 1.27 bits per heavy atom. The number of pyridine rings is 1. The highest BCUT2D eigenvalue weighted by atomic mass is 16.5. The summed E-state index contributed by atoms with van der Waals surface area (Å²) in [4.78, 5) is 24.8. The first-order valence-electron chi connectivity index (χ1n) is 7.61. The van der Waals surface area contributed by atoms with Gasteiger partial charge in [0.1, 0.15) is 5.75 Å². The molecule has 0 aliphatic rings.